The van der Waals surface area contributed by atoms with E-state index in [4.69, 9.17) is 9.88 Å². The molecule has 0 aliphatic heterocycles. The van der Waals surface area contributed by atoms with Crippen LogP contribution < -0.4 is 5.14 Å². The molecule has 0 amide bonds. The van der Waals surface area contributed by atoms with Crippen molar-refractivity contribution in [2.45, 2.75) is 37.0 Å². The summed E-state index contributed by atoms with van der Waals surface area (Å²) in [6.07, 6.45) is 2.89. The van der Waals surface area contributed by atoms with Gasteiger partial charge in [0.25, 0.3) is 0 Å². The molecule has 0 aromatic rings. The molecule has 1 rings (SSSR count). The van der Waals surface area contributed by atoms with Crippen molar-refractivity contribution in [2.75, 3.05) is 0 Å². The predicted octanol–water partition coefficient (Wildman–Crippen LogP) is 0.315. The van der Waals surface area contributed by atoms with Crippen LogP contribution in [0.3, 0.4) is 0 Å². The van der Waals surface area contributed by atoms with Crippen molar-refractivity contribution in [1.82, 2.24) is 0 Å². The van der Waals surface area contributed by atoms with E-state index >= 15 is 0 Å². The molecule has 0 saturated heterocycles. The zero-order valence-corrected chi connectivity index (χ0v) is 9.20. The highest BCUT2D eigenvalue weighted by atomic mass is 32.2. The zero-order chi connectivity index (χ0) is 11.5. The molecule has 15 heavy (non-hydrogen) atoms. The van der Waals surface area contributed by atoms with E-state index in [2.05, 4.69) is 6.58 Å². The highest BCUT2D eigenvalue weighted by Gasteiger charge is 2.29. The molecule has 0 atom stereocenters. The van der Waals surface area contributed by atoms with Gasteiger partial charge in [0.15, 0.2) is 0 Å². The molecule has 86 valence electrons. The largest absolute Gasteiger partial charge is 0.459 e. The molecule has 1 saturated carbocycles. The number of nitrogens with two attached hydrogens (primary N) is 1. The van der Waals surface area contributed by atoms with Crippen LogP contribution in [-0.4, -0.2) is 25.7 Å². The maximum absolute atomic E-state index is 11.0. The van der Waals surface area contributed by atoms with Crippen molar-refractivity contribution >= 4 is 16.0 Å². The first-order valence-corrected chi connectivity index (χ1v) is 6.39. The third-order valence-corrected chi connectivity index (χ3v) is 3.94. The lowest BCUT2D eigenvalue weighted by Crippen LogP contribution is -2.35. The van der Waals surface area contributed by atoms with Crippen LogP contribution in [0.4, 0.5) is 0 Å². The van der Waals surface area contributed by atoms with Gasteiger partial charge in [-0.1, -0.05) is 6.58 Å². The van der Waals surface area contributed by atoms with Crippen LogP contribution in [-0.2, 0) is 19.6 Å². The molecular weight excluding hydrogens is 218 g/mol. The molecule has 2 N–H and O–H groups in total. The number of esters is 1. The second kappa shape index (κ2) is 4.76. The van der Waals surface area contributed by atoms with Crippen molar-refractivity contribution in [2.24, 2.45) is 5.14 Å². The SMILES string of the molecule is C=CC(=O)OC1CCC(S(N)(=O)=O)CC1. The first-order chi connectivity index (χ1) is 6.93. The van der Waals surface area contributed by atoms with E-state index < -0.39 is 21.2 Å². The highest BCUT2D eigenvalue weighted by molar-refractivity contribution is 7.89. The minimum atomic E-state index is -3.44. The number of carbonyl (C=O) groups is 1. The van der Waals surface area contributed by atoms with Gasteiger partial charge in [-0.3, -0.25) is 0 Å². The molecule has 0 heterocycles. The fourth-order valence-electron chi connectivity index (χ4n) is 1.69. The summed E-state index contributed by atoms with van der Waals surface area (Å²) in [5.74, 6) is -0.464. The van der Waals surface area contributed by atoms with E-state index in [1.165, 1.54) is 0 Å². The number of primary sulfonamides is 1. The van der Waals surface area contributed by atoms with Crippen LogP contribution in [0, 0.1) is 0 Å². The fraction of sp³-hybridized carbons (Fsp3) is 0.667. The number of hydrogen-bond donors (Lipinski definition) is 1. The van der Waals surface area contributed by atoms with Crippen LogP contribution in [0.15, 0.2) is 12.7 Å². The minimum absolute atomic E-state index is 0.200. The topological polar surface area (TPSA) is 86.5 Å². The van der Waals surface area contributed by atoms with E-state index in [1.807, 2.05) is 0 Å². The number of ether oxygens (including phenoxy) is 1. The van der Waals surface area contributed by atoms with Crippen LogP contribution in [0.1, 0.15) is 25.7 Å². The molecule has 0 aromatic carbocycles. The van der Waals surface area contributed by atoms with Gasteiger partial charge in [-0.2, -0.15) is 0 Å². The average molecular weight is 233 g/mol. The molecule has 0 unspecified atom stereocenters. The van der Waals surface area contributed by atoms with Crippen LogP contribution in [0.2, 0.25) is 0 Å². The lowest BCUT2D eigenvalue weighted by atomic mass is 9.97. The maximum Gasteiger partial charge on any atom is 0.330 e. The van der Waals surface area contributed by atoms with Crippen LogP contribution in [0.5, 0.6) is 0 Å². The third-order valence-electron chi connectivity index (χ3n) is 2.54. The van der Waals surface area contributed by atoms with Gasteiger partial charge in [-0.25, -0.2) is 18.4 Å². The molecule has 6 heteroatoms. The van der Waals surface area contributed by atoms with Gasteiger partial charge in [0.05, 0.1) is 5.25 Å². The monoisotopic (exact) mass is 233 g/mol. The number of hydrogen-bond acceptors (Lipinski definition) is 4. The average Bonchev–Trinajstić information content (AvgIpc) is 2.17. The van der Waals surface area contributed by atoms with Crippen molar-refractivity contribution in [3.05, 3.63) is 12.7 Å². The van der Waals surface area contributed by atoms with Gasteiger partial charge >= 0.3 is 5.97 Å². The Hall–Kier alpha value is -0.880. The molecule has 1 fully saturated rings. The zero-order valence-electron chi connectivity index (χ0n) is 8.39. The Bertz CT molecular complexity index is 341. The van der Waals surface area contributed by atoms with Crippen molar-refractivity contribution in [3.63, 3.8) is 0 Å². The Labute approximate surface area is 89.3 Å². The Morgan fingerprint density at radius 3 is 2.27 bits per heavy atom. The molecular formula is C9H15NO4S. The molecule has 0 spiro atoms. The van der Waals surface area contributed by atoms with Crippen LogP contribution >= 0.6 is 0 Å². The van der Waals surface area contributed by atoms with Crippen molar-refractivity contribution < 1.29 is 17.9 Å². The Kier molecular flexibility index (Phi) is 3.87. The maximum atomic E-state index is 11.0. The highest BCUT2D eigenvalue weighted by Crippen LogP contribution is 2.24. The van der Waals surface area contributed by atoms with Gasteiger partial charge in [-0.15, -0.1) is 0 Å². The summed E-state index contributed by atoms with van der Waals surface area (Å²) in [5.41, 5.74) is 0. The predicted molar refractivity (Wildman–Crippen MR) is 55.4 cm³/mol. The minimum Gasteiger partial charge on any atom is -0.459 e. The van der Waals surface area contributed by atoms with E-state index in [9.17, 15) is 13.2 Å². The Balaban J connectivity index is 2.43. The molecule has 0 radical (unpaired) electrons. The number of carbonyl (C=O) groups excluding carboxylic acids is 1. The summed E-state index contributed by atoms with van der Waals surface area (Å²) in [7, 11) is -3.44. The van der Waals surface area contributed by atoms with Gasteiger partial charge < -0.3 is 4.74 Å². The van der Waals surface area contributed by atoms with Gasteiger partial charge in [0.2, 0.25) is 10.0 Å². The van der Waals surface area contributed by atoms with Gasteiger partial charge in [0.1, 0.15) is 6.10 Å². The lowest BCUT2D eigenvalue weighted by molar-refractivity contribution is -0.144. The standard InChI is InChI=1S/C9H15NO4S/c1-2-9(11)14-7-3-5-8(6-4-7)15(10,12)13/h2,7-8H,1,3-6H2,(H2,10,12,13). The fourth-order valence-corrected chi connectivity index (χ4v) is 2.62. The molecule has 0 aromatic heterocycles. The van der Waals surface area contributed by atoms with Gasteiger partial charge in [-0.05, 0) is 25.7 Å². The summed E-state index contributed by atoms with van der Waals surface area (Å²) >= 11 is 0. The summed E-state index contributed by atoms with van der Waals surface area (Å²) in [6.45, 7) is 3.29. The molecule has 1 aliphatic carbocycles. The summed E-state index contributed by atoms with van der Waals surface area (Å²) < 4.78 is 27.1. The third kappa shape index (κ3) is 3.64. The smallest absolute Gasteiger partial charge is 0.330 e. The first kappa shape index (κ1) is 12.2. The van der Waals surface area contributed by atoms with E-state index in [-0.39, 0.29) is 6.10 Å². The quantitative estimate of drug-likeness (QED) is 0.561. The molecule has 1 aliphatic rings. The molecule has 5 nitrogen and oxygen atoms in total. The first-order valence-electron chi connectivity index (χ1n) is 4.78. The second-order valence-electron chi connectivity index (χ2n) is 3.63. The van der Waals surface area contributed by atoms with Gasteiger partial charge in [0, 0.05) is 6.08 Å². The van der Waals surface area contributed by atoms with E-state index in [0.717, 1.165) is 6.08 Å². The second-order valence-corrected chi connectivity index (χ2v) is 5.47. The summed E-state index contributed by atoms with van der Waals surface area (Å²) in [4.78, 5) is 10.9. The molecule has 0 bridgehead atoms. The van der Waals surface area contributed by atoms with Crippen LogP contribution in [0.25, 0.3) is 0 Å². The number of sulfonamides is 1. The summed E-state index contributed by atoms with van der Waals surface area (Å²) in [5, 5.41) is 4.54. The Morgan fingerprint density at radius 1 is 1.33 bits per heavy atom. The summed E-state index contributed by atoms with van der Waals surface area (Å²) in [6, 6.07) is 0. The Morgan fingerprint density at radius 2 is 1.87 bits per heavy atom. The van der Waals surface area contributed by atoms with Crippen molar-refractivity contribution in [3.8, 4) is 0 Å². The van der Waals surface area contributed by atoms with E-state index in [0.29, 0.717) is 25.7 Å². The van der Waals surface area contributed by atoms with E-state index in [1.54, 1.807) is 0 Å². The lowest BCUT2D eigenvalue weighted by Gasteiger charge is -2.26. The number of rotatable bonds is 3. The van der Waals surface area contributed by atoms with Crippen molar-refractivity contribution in [1.29, 1.82) is 0 Å². The normalized spacial score (nSPS) is 27.0.